The molecular formula is C16H24N4OS. The lowest BCUT2D eigenvalue weighted by Gasteiger charge is -2.32. The van der Waals surface area contributed by atoms with Gasteiger partial charge in [0.1, 0.15) is 0 Å². The highest BCUT2D eigenvalue weighted by Gasteiger charge is 2.28. The average molecular weight is 320 g/mol. The van der Waals surface area contributed by atoms with Crippen molar-refractivity contribution in [2.75, 3.05) is 13.6 Å². The molecule has 0 unspecified atom stereocenters. The zero-order chi connectivity index (χ0) is 15.5. The molecule has 6 heteroatoms. The van der Waals surface area contributed by atoms with Gasteiger partial charge in [0, 0.05) is 29.9 Å². The van der Waals surface area contributed by atoms with Gasteiger partial charge in [-0.1, -0.05) is 6.92 Å². The molecule has 22 heavy (non-hydrogen) atoms. The number of thiazole rings is 1. The lowest BCUT2D eigenvalue weighted by atomic mass is 9.97. The van der Waals surface area contributed by atoms with E-state index in [2.05, 4.69) is 24.0 Å². The minimum absolute atomic E-state index is 0.397. The highest BCUT2D eigenvalue weighted by atomic mass is 32.1. The Morgan fingerprint density at radius 3 is 3.14 bits per heavy atom. The van der Waals surface area contributed by atoms with Gasteiger partial charge in [-0.05, 0) is 38.8 Å². The average Bonchev–Trinajstić information content (AvgIpc) is 3.14. The second kappa shape index (κ2) is 6.89. The van der Waals surface area contributed by atoms with Gasteiger partial charge in [0.25, 0.3) is 0 Å². The van der Waals surface area contributed by atoms with Crippen molar-refractivity contribution in [3.05, 3.63) is 34.0 Å². The molecule has 0 saturated heterocycles. The van der Waals surface area contributed by atoms with E-state index in [0.29, 0.717) is 19.1 Å². The van der Waals surface area contributed by atoms with Gasteiger partial charge < -0.3 is 5.11 Å². The van der Waals surface area contributed by atoms with Crippen molar-refractivity contribution in [1.29, 1.82) is 0 Å². The van der Waals surface area contributed by atoms with Crippen LogP contribution in [0.2, 0.25) is 0 Å². The maximum Gasteiger partial charge on any atom is 0.0928 e. The standard InChI is InChI=1S/C16H24N4OS/c1-3-15-18-13-6-4-7-14(16(13)22-15)19(2)10-12(21)11-20-9-5-8-17-20/h5,8-9,12,14,21H,3-4,6-7,10-11H2,1-2H3/t12-,14-/m1/s1. The molecule has 1 N–H and O–H groups in total. The van der Waals surface area contributed by atoms with E-state index in [4.69, 9.17) is 4.98 Å². The second-order valence-corrected chi connectivity index (χ2v) is 7.12. The highest BCUT2D eigenvalue weighted by Crippen LogP contribution is 2.37. The molecule has 120 valence electrons. The number of aryl methyl sites for hydroxylation is 2. The first-order valence-electron chi connectivity index (χ1n) is 8.01. The first kappa shape index (κ1) is 15.6. The van der Waals surface area contributed by atoms with E-state index in [0.717, 1.165) is 19.3 Å². The van der Waals surface area contributed by atoms with Gasteiger partial charge in [-0.25, -0.2) is 4.98 Å². The summed E-state index contributed by atoms with van der Waals surface area (Å²) in [5.74, 6) is 0. The molecule has 3 rings (SSSR count). The Hall–Kier alpha value is -1.24. The van der Waals surface area contributed by atoms with E-state index < -0.39 is 6.10 Å². The van der Waals surface area contributed by atoms with E-state index in [9.17, 15) is 5.11 Å². The number of likely N-dealkylation sites (N-methyl/N-ethyl adjacent to an activating group) is 1. The van der Waals surface area contributed by atoms with Crippen LogP contribution < -0.4 is 0 Å². The second-order valence-electron chi connectivity index (χ2n) is 6.00. The monoisotopic (exact) mass is 320 g/mol. The van der Waals surface area contributed by atoms with Crippen LogP contribution in [0, 0.1) is 0 Å². The Balaban J connectivity index is 1.65. The zero-order valence-corrected chi connectivity index (χ0v) is 14.1. The Morgan fingerprint density at radius 2 is 2.41 bits per heavy atom. The minimum atomic E-state index is -0.408. The van der Waals surface area contributed by atoms with Crippen LogP contribution in [0.3, 0.4) is 0 Å². The molecule has 2 heterocycles. The summed E-state index contributed by atoms with van der Waals surface area (Å²) in [5, 5.41) is 15.7. The van der Waals surface area contributed by atoms with Gasteiger partial charge in [-0.15, -0.1) is 11.3 Å². The topological polar surface area (TPSA) is 54.2 Å². The van der Waals surface area contributed by atoms with Gasteiger partial charge in [0.15, 0.2) is 0 Å². The molecule has 0 aromatic carbocycles. The predicted molar refractivity (Wildman–Crippen MR) is 88.0 cm³/mol. The first-order valence-corrected chi connectivity index (χ1v) is 8.83. The number of aliphatic hydroxyl groups is 1. The quantitative estimate of drug-likeness (QED) is 0.887. The summed E-state index contributed by atoms with van der Waals surface area (Å²) in [6, 6.07) is 2.28. The van der Waals surface area contributed by atoms with E-state index >= 15 is 0 Å². The van der Waals surface area contributed by atoms with Crippen molar-refractivity contribution in [1.82, 2.24) is 19.7 Å². The fourth-order valence-electron chi connectivity index (χ4n) is 3.16. The van der Waals surface area contributed by atoms with Crippen molar-refractivity contribution in [3.63, 3.8) is 0 Å². The zero-order valence-electron chi connectivity index (χ0n) is 13.3. The summed E-state index contributed by atoms with van der Waals surface area (Å²) in [5.41, 5.74) is 1.28. The largest absolute Gasteiger partial charge is 0.390 e. The van der Waals surface area contributed by atoms with Gasteiger partial charge in [-0.3, -0.25) is 9.58 Å². The first-order chi connectivity index (χ1) is 10.7. The van der Waals surface area contributed by atoms with Crippen molar-refractivity contribution in [2.45, 2.75) is 51.3 Å². The van der Waals surface area contributed by atoms with Crippen LogP contribution in [0.4, 0.5) is 0 Å². The maximum absolute atomic E-state index is 10.3. The van der Waals surface area contributed by atoms with Crippen LogP contribution in [-0.4, -0.2) is 44.5 Å². The SMILES string of the molecule is CCc1nc2c(s1)[C@H](N(C)C[C@@H](O)Cn1cccn1)CCC2. The van der Waals surface area contributed by atoms with Crippen molar-refractivity contribution in [2.24, 2.45) is 0 Å². The fourth-order valence-corrected chi connectivity index (χ4v) is 4.41. The van der Waals surface area contributed by atoms with E-state index in [1.165, 1.54) is 22.0 Å². The van der Waals surface area contributed by atoms with Crippen molar-refractivity contribution in [3.8, 4) is 0 Å². The Kier molecular flexibility index (Phi) is 4.90. The molecule has 0 radical (unpaired) electrons. The van der Waals surface area contributed by atoms with Gasteiger partial charge in [0.2, 0.25) is 0 Å². The summed E-state index contributed by atoms with van der Waals surface area (Å²) in [6.07, 6.45) is 7.68. The van der Waals surface area contributed by atoms with E-state index in [1.54, 1.807) is 10.9 Å². The van der Waals surface area contributed by atoms with Crippen LogP contribution in [0.15, 0.2) is 18.5 Å². The molecule has 0 spiro atoms. The normalized spacial score (nSPS) is 19.4. The Bertz CT molecular complexity index is 595. The third-order valence-electron chi connectivity index (χ3n) is 4.26. The van der Waals surface area contributed by atoms with Crippen LogP contribution in [0.1, 0.15) is 41.4 Å². The van der Waals surface area contributed by atoms with Crippen LogP contribution in [0.5, 0.6) is 0 Å². The molecule has 0 bridgehead atoms. The van der Waals surface area contributed by atoms with E-state index in [-0.39, 0.29) is 0 Å². The lowest BCUT2D eigenvalue weighted by molar-refractivity contribution is 0.0838. The molecule has 0 amide bonds. The number of nitrogens with zero attached hydrogens (tertiary/aromatic N) is 4. The molecule has 5 nitrogen and oxygen atoms in total. The number of fused-ring (bicyclic) bond motifs is 1. The molecule has 0 aliphatic heterocycles. The smallest absolute Gasteiger partial charge is 0.0928 e. The van der Waals surface area contributed by atoms with Gasteiger partial charge >= 0.3 is 0 Å². The minimum Gasteiger partial charge on any atom is -0.390 e. The van der Waals surface area contributed by atoms with Crippen molar-refractivity contribution >= 4 is 11.3 Å². The summed E-state index contributed by atoms with van der Waals surface area (Å²) < 4.78 is 1.78. The number of hydrogen-bond donors (Lipinski definition) is 1. The Labute approximate surface area is 135 Å². The molecule has 1 aliphatic carbocycles. The molecular weight excluding hydrogens is 296 g/mol. The van der Waals surface area contributed by atoms with Crippen LogP contribution >= 0.6 is 11.3 Å². The molecule has 2 atom stereocenters. The molecule has 0 saturated carbocycles. The highest BCUT2D eigenvalue weighted by molar-refractivity contribution is 7.11. The van der Waals surface area contributed by atoms with Crippen molar-refractivity contribution < 1.29 is 5.11 Å². The molecule has 0 fully saturated rings. The van der Waals surface area contributed by atoms with Crippen LogP contribution in [-0.2, 0) is 19.4 Å². The number of aliphatic hydroxyl groups excluding tert-OH is 1. The summed E-state index contributed by atoms with van der Waals surface area (Å²) in [7, 11) is 2.11. The van der Waals surface area contributed by atoms with Gasteiger partial charge in [0.05, 0.1) is 23.4 Å². The Morgan fingerprint density at radius 1 is 1.55 bits per heavy atom. The van der Waals surface area contributed by atoms with E-state index in [1.807, 2.05) is 23.6 Å². The number of hydrogen-bond acceptors (Lipinski definition) is 5. The molecule has 2 aromatic rings. The molecule has 1 aliphatic rings. The summed E-state index contributed by atoms with van der Waals surface area (Å²) in [4.78, 5) is 8.45. The number of aromatic nitrogens is 3. The predicted octanol–water partition coefficient (Wildman–Crippen LogP) is 2.27. The maximum atomic E-state index is 10.3. The van der Waals surface area contributed by atoms with Crippen LogP contribution in [0.25, 0.3) is 0 Å². The summed E-state index contributed by atoms with van der Waals surface area (Å²) >= 11 is 1.85. The third kappa shape index (κ3) is 3.39. The fraction of sp³-hybridized carbons (Fsp3) is 0.625. The van der Waals surface area contributed by atoms with Gasteiger partial charge in [-0.2, -0.15) is 5.10 Å². The number of rotatable bonds is 6. The lowest BCUT2D eigenvalue weighted by Crippen LogP contribution is -2.35. The third-order valence-corrected chi connectivity index (χ3v) is 5.60. The summed E-state index contributed by atoms with van der Waals surface area (Å²) in [6.45, 7) is 3.36. The molecule has 2 aromatic heterocycles.